The average Bonchev–Trinajstić information content (AvgIpc) is 2.26. The molecule has 17 heavy (non-hydrogen) atoms. The van der Waals surface area contributed by atoms with Gasteiger partial charge < -0.3 is 15.9 Å². The zero-order valence-corrected chi connectivity index (χ0v) is 9.59. The Kier molecular flexibility index (Phi) is 4.62. The van der Waals surface area contributed by atoms with Crippen LogP contribution in [0.5, 0.6) is 0 Å². The number of benzene rings is 1. The summed E-state index contributed by atoms with van der Waals surface area (Å²) in [5.74, 6) is -0.728. The highest BCUT2D eigenvalue weighted by atomic mass is 35.5. The van der Waals surface area contributed by atoms with Crippen molar-refractivity contribution in [3.63, 3.8) is 0 Å². The van der Waals surface area contributed by atoms with Gasteiger partial charge in [-0.25, -0.2) is 0 Å². The lowest BCUT2D eigenvalue weighted by Crippen LogP contribution is -2.25. The summed E-state index contributed by atoms with van der Waals surface area (Å²) in [5.41, 5.74) is 5.44. The molecule has 0 aliphatic heterocycles. The number of rotatable bonds is 5. The summed E-state index contributed by atoms with van der Waals surface area (Å²) in [6.45, 7) is 0. The van der Waals surface area contributed by atoms with Crippen LogP contribution < -0.4 is 5.73 Å². The summed E-state index contributed by atoms with van der Waals surface area (Å²) in [6.07, 6.45) is -2.45. The van der Waals surface area contributed by atoms with E-state index in [1.807, 2.05) is 0 Å². The number of carbonyl (C=O) groups is 2. The highest BCUT2D eigenvalue weighted by molar-refractivity contribution is 6.30. The Morgan fingerprint density at radius 1 is 1.41 bits per heavy atom. The van der Waals surface area contributed by atoms with Crippen LogP contribution in [0.25, 0.3) is 0 Å². The molecule has 0 aromatic heterocycles. The average molecular weight is 258 g/mol. The molecule has 0 radical (unpaired) electrons. The Balaban J connectivity index is 2.94. The number of aliphatic hydroxyl groups excluding tert-OH is 2. The third kappa shape index (κ3) is 3.81. The first-order valence-corrected chi connectivity index (χ1v) is 5.22. The normalized spacial score (nSPS) is 14.1. The predicted octanol–water partition coefficient (Wildman–Crippen LogP) is 0.422. The van der Waals surface area contributed by atoms with Gasteiger partial charge in [-0.15, -0.1) is 0 Å². The molecule has 2 unspecified atom stereocenters. The summed E-state index contributed by atoms with van der Waals surface area (Å²) >= 11 is 5.74. The van der Waals surface area contributed by atoms with Crippen LogP contribution in [0.3, 0.4) is 0 Å². The zero-order valence-electron chi connectivity index (χ0n) is 8.84. The molecule has 2 atom stereocenters. The molecule has 0 aliphatic carbocycles. The van der Waals surface area contributed by atoms with Crippen molar-refractivity contribution in [2.75, 3.05) is 0 Å². The number of aliphatic hydroxyl groups is 2. The van der Waals surface area contributed by atoms with Gasteiger partial charge in [0.1, 0.15) is 12.4 Å². The third-order valence-corrected chi connectivity index (χ3v) is 2.41. The van der Waals surface area contributed by atoms with Crippen LogP contribution in [0.4, 0.5) is 0 Å². The van der Waals surface area contributed by atoms with E-state index in [1.54, 1.807) is 0 Å². The SMILES string of the molecule is NC(=O)CC(O)C(O)c1cc(Cl)cc(C=O)c1. The Morgan fingerprint density at radius 2 is 2.06 bits per heavy atom. The molecule has 0 fully saturated rings. The molecule has 0 aliphatic rings. The highest BCUT2D eigenvalue weighted by Crippen LogP contribution is 2.23. The maximum Gasteiger partial charge on any atom is 0.220 e. The fourth-order valence-electron chi connectivity index (χ4n) is 1.41. The highest BCUT2D eigenvalue weighted by Gasteiger charge is 2.21. The minimum Gasteiger partial charge on any atom is -0.390 e. The molecule has 92 valence electrons. The van der Waals surface area contributed by atoms with Gasteiger partial charge in [0.15, 0.2) is 0 Å². The molecule has 1 rings (SSSR count). The molecule has 5 nitrogen and oxygen atoms in total. The molecule has 0 bridgehead atoms. The topological polar surface area (TPSA) is 101 Å². The molecule has 1 amide bonds. The fraction of sp³-hybridized carbons (Fsp3) is 0.273. The van der Waals surface area contributed by atoms with E-state index in [9.17, 15) is 19.8 Å². The standard InChI is InChI=1S/C11H12ClNO4/c12-8-2-6(5-14)1-7(3-8)11(17)9(15)4-10(13)16/h1-3,5,9,11,15,17H,4H2,(H2,13,16). The fourth-order valence-corrected chi connectivity index (χ4v) is 1.67. The van der Waals surface area contributed by atoms with E-state index in [0.717, 1.165) is 0 Å². The number of aldehydes is 1. The van der Waals surface area contributed by atoms with Crippen LogP contribution >= 0.6 is 11.6 Å². The summed E-state index contributed by atoms with van der Waals surface area (Å²) in [4.78, 5) is 21.2. The Morgan fingerprint density at radius 3 is 2.59 bits per heavy atom. The van der Waals surface area contributed by atoms with Crippen LogP contribution in [-0.4, -0.2) is 28.5 Å². The summed E-state index contributed by atoms with van der Waals surface area (Å²) in [6, 6.07) is 4.21. The van der Waals surface area contributed by atoms with E-state index in [4.69, 9.17) is 17.3 Å². The number of hydrogen-bond donors (Lipinski definition) is 3. The van der Waals surface area contributed by atoms with Crippen LogP contribution in [0.1, 0.15) is 28.4 Å². The Bertz CT molecular complexity index is 435. The van der Waals surface area contributed by atoms with Crippen molar-refractivity contribution in [3.8, 4) is 0 Å². The minimum atomic E-state index is -1.33. The van der Waals surface area contributed by atoms with Gasteiger partial charge >= 0.3 is 0 Å². The van der Waals surface area contributed by atoms with E-state index in [0.29, 0.717) is 6.29 Å². The molecule has 6 heteroatoms. The van der Waals surface area contributed by atoms with Crippen molar-refractivity contribution < 1.29 is 19.8 Å². The summed E-state index contributed by atoms with van der Waals surface area (Å²) in [5, 5.41) is 19.5. The van der Waals surface area contributed by atoms with Crippen molar-refractivity contribution in [2.24, 2.45) is 5.73 Å². The molecule has 1 aromatic rings. The van der Waals surface area contributed by atoms with Crippen molar-refractivity contribution in [1.82, 2.24) is 0 Å². The number of carbonyl (C=O) groups excluding carboxylic acids is 2. The molecule has 0 saturated heterocycles. The molecule has 0 spiro atoms. The second-order valence-corrected chi connectivity index (χ2v) is 4.05. The van der Waals surface area contributed by atoms with Gasteiger partial charge in [-0.05, 0) is 23.8 Å². The number of hydrogen-bond acceptors (Lipinski definition) is 4. The maximum absolute atomic E-state index is 10.6. The summed E-state index contributed by atoms with van der Waals surface area (Å²) in [7, 11) is 0. The predicted molar refractivity (Wildman–Crippen MR) is 61.6 cm³/mol. The van der Waals surface area contributed by atoms with Gasteiger partial charge in [0.25, 0.3) is 0 Å². The van der Waals surface area contributed by atoms with E-state index in [2.05, 4.69) is 0 Å². The number of amides is 1. The molecular weight excluding hydrogens is 246 g/mol. The van der Waals surface area contributed by atoms with Gasteiger partial charge in [0, 0.05) is 10.6 Å². The molecule has 1 aromatic carbocycles. The first-order valence-electron chi connectivity index (χ1n) is 4.84. The number of primary amides is 1. The molecule has 0 saturated carbocycles. The maximum atomic E-state index is 10.6. The monoisotopic (exact) mass is 257 g/mol. The lowest BCUT2D eigenvalue weighted by atomic mass is 10.0. The van der Waals surface area contributed by atoms with Gasteiger partial charge in [-0.2, -0.15) is 0 Å². The quantitative estimate of drug-likeness (QED) is 0.666. The van der Waals surface area contributed by atoms with E-state index in [1.165, 1.54) is 18.2 Å². The minimum absolute atomic E-state index is 0.258. The molecular formula is C11H12ClNO4. The van der Waals surface area contributed by atoms with E-state index < -0.39 is 18.1 Å². The van der Waals surface area contributed by atoms with E-state index in [-0.39, 0.29) is 22.6 Å². The van der Waals surface area contributed by atoms with Gasteiger partial charge in [-0.1, -0.05) is 11.6 Å². The lowest BCUT2D eigenvalue weighted by molar-refractivity contribution is -0.121. The smallest absolute Gasteiger partial charge is 0.220 e. The second-order valence-electron chi connectivity index (χ2n) is 3.62. The Labute approximate surface area is 103 Å². The summed E-state index contributed by atoms with van der Waals surface area (Å²) < 4.78 is 0. The van der Waals surface area contributed by atoms with Crippen LogP contribution in [0.2, 0.25) is 5.02 Å². The largest absolute Gasteiger partial charge is 0.390 e. The first kappa shape index (κ1) is 13.6. The lowest BCUT2D eigenvalue weighted by Gasteiger charge is -2.17. The van der Waals surface area contributed by atoms with Crippen molar-refractivity contribution in [1.29, 1.82) is 0 Å². The molecule has 0 heterocycles. The van der Waals surface area contributed by atoms with Gasteiger partial charge in [-0.3, -0.25) is 9.59 Å². The second kappa shape index (κ2) is 5.77. The molecule has 4 N–H and O–H groups in total. The van der Waals surface area contributed by atoms with Gasteiger partial charge in [0.2, 0.25) is 5.91 Å². The third-order valence-electron chi connectivity index (χ3n) is 2.19. The van der Waals surface area contributed by atoms with Crippen molar-refractivity contribution >= 4 is 23.8 Å². The zero-order chi connectivity index (χ0) is 13.0. The van der Waals surface area contributed by atoms with Crippen LogP contribution in [0, 0.1) is 0 Å². The van der Waals surface area contributed by atoms with Crippen LogP contribution in [-0.2, 0) is 4.79 Å². The van der Waals surface area contributed by atoms with Crippen molar-refractivity contribution in [3.05, 3.63) is 34.3 Å². The van der Waals surface area contributed by atoms with Gasteiger partial charge in [0.05, 0.1) is 12.5 Å². The van der Waals surface area contributed by atoms with Crippen LogP contribution in [0.15, 0.2) is 18.2 Å². The number of halogens is 1. The van der Waals surface area contributed by atoms with E-state index >= 15 is 0 Å². The Hall–Kier alpha value is -1.43. The first-order chi connectivity index (χ1) is 7.93. The van der Waals surface area contributed by atoms with Crippen molar-refractivity contribution in [2.45, 2.75) is 18.6 Å². The number of nitrogens with two attached hydrogens (primary N) is 1.